The molecule has 0 bridgehead atoms. The highest BCUT2D eigenvalue weighted by Gasteiger charge is 2.36. The summed E-state index contributed by atoms with van der Waals surface area (Å²) in [7, 11) is 0. The number of nitrogens with zero attached hydrogens (tertiary/aromatic N) is 3. The molecule has 21 heavy (non-hydrogen) atoms. The number of anilines is 2. The molecule has 0 amide bonds. The molecule has 0 fully saturated rings. The van der Waals surface area contributed by atoms with E-state index in [0.29, 0.717) is 24.3 Å². The van der Waals surface area contributed by atoms with Gasteiger partial charge < -0.3 is 10.6 Å². The molecule has 0 aliphatic carbocycles. The molecule has 1 aromatic heterocycles. The number of rotatable bonds is 5. The summed E-state index contributed by atoms with van der Waals surface area (Å²) in [4.78, 5) is 1.36. The number of benzene rings is 1. The van der Waals surface area contributed by atoms with E-state index in [0.717, 1.165) is 0 Å². The highest BCUT2D eigenvalue weighted by atomic mass is 32.1. The third-order valence-corrected chi connectivity index (χ3v) is 3.61. The highest BCUT2D eigenvalue weighted by molar-refractivity contribution is 7.15. The average Bonchev–Trinajstić information content (AvgIpc) is 2.91. The van der Waals surface area contributed by atoms with Crippen molar-refractivity contribution < 1.29 is 17.6 Å². The lowest BCUT2D eigenvalue weighted by molar-refractivity contribution is -0.138. The molecule has 114 valence electrons. The van der Waals surface area contributed by atoms with E-state index in [-0.39, 0.29) is 17.4 Å². The molecule has 0 radical (unpaired) electrons. The van der Waals surface area contributed by atoms with Crippen LogP contribution in [0.25, 0.3) is 0 Å². The van der Waals surface area contributed by atoms with Gasteiger partial charge in [0.15, 0.2) is 0 Å². The van der Waals surface area contributed by atoms with E-state index in [1.165, 1.54) is 23.1 Å². The maximum Gasteiger partial charge on any atom is 0.445 e. The van der Waals surface area contributed by atoms with Gasteiger partial charge in [0, 0.05) is 6.54 Å². The van der Waals surface area contributed by atoms with Gasteiger partial charge in [-0.3, -0.25) is 0 Å². The summed E-state index contributed by atoms with van der Waals surface area (Å²) in [5.41, 5.74) is 5.56. The molecule has 0 spiro atoms. The van der Waals surface area contributed by atoms with Crippen LogP contribution in [-0.2, 0) is 6.18 Å². The van der Waals surface area contributed by atoms with E-state index in [4.69, 9.17) is 5.73 Å². The van der Waals surface area contributed by atoms with Crippen LogP contribution in [0.15, 0.2) is 24.3 Å². The molecule has 4 nitrogen and oxygen atoms in total. The summed E-state index contributed by atoms with van der Waals surface area (Å²) in [5, 5.41) is 5.56. The molecule has 0 atom stereocenters. The molecule has 0 saturated carbocycles. The van der Waals surface area contributed by atoms with Gasteiger partial charge in [-0.2, -0.15) is 13.2 Å². The van der Waals surface area contributed by atoms with Gasteiger partial charge in [0.25, 0.3) is 0 Å². The van der Waals surface area contributed by atoms with Crippen LogP contribution in [0.3, 0.4) is 0 Å². The summed E-state index contributed by atoms with van der Waals surface area (Å²) in [5.74, 6) is -0.543. The first kappa shape index (κ1) is 15.6. The predicted octanol–water partition coefficient (Wildman–Crippen LogP) is 3.18. The first-order valence-electron chi connectivity index (χ1n) is 6.06. The Bertz CT molecular complexity index is 599. The number of nitrogens with two attached hydrogens (primary N) is 1. The van der Waals surface area contributed by atoms with E-state index in [1.807, 2.05) is 0 Å². The van der Waals surface area contributed by atoms with Crippen LogP contribution >= 0.6 is 11.3 Å². The van der Waals surface area contributed by atoms with Crippen molar-refractivity contribution >= 4 is 22.2 Å². The van der Waals surface area contributed by atoms with Crippen LogP contribution in [0.2, 0.25) is 0 Å². The zero-order chi connectivity index (χ0) is 15.5. The minimum Gasteiger partial charge on any atom is -0.330 e. The molecule has 1 aromatic carbocycles. The zero-order valence-electron chi connectivity index (χ0n) is 10.8. The van der Waals surface area contributed by atoms with Gasteiger partial charge >= 0.3 is 6.18 Å². The molecule has 1 heterocycles. The Labute approximate surface area is 122 Å². The predicted molar refractivity (Wildman–Crippen MR) is 72.0 cm³/mol. The largest absolute Gasteiger partial charge is 0.445 e. The van der Waals surface area contributed by atoms with Crippen molar-refractivity contribution in [1.82, 2.24) is 10.2 Å². The van der Waals surface area contributed by atoms with Crippen molar-refractivity contribution in [2.45, 2.75) is 12.6 Å². The molecule has 2 aromatic rings. The van der Waals surface area contributed by atoms with E-state index in [9.17, 15) is 17.6 Å². The second-order valence-electron chi connectivity index (χ2n) is 4.13. The molecule has 2 rings (SSSR count). The molecule has 0 aliphatic heterocycles. The Hall–Kier alpha value is -1.74. The van der Waals surface area contributed by atoms with Gasteiger partial charge in [0.05, 0.1) is 5.69 Å². The fourth-order valence-electron chi connectivity index (χ4n) is 1.68. The Balaban J connectivity index is 2.37. The number of alkyl halides is 3. The lowest BCUT2D eigenvalue weighted by Gasteiger charge is -2.21. The fourth-order valence-corrected chi connectivity index (χ4v) is 2.43. The van der Waals surface area contributed by atoms with Gasteiger partial charge in [-0.05, 0) is 25.1 Å². The number of hydrogen-bond donors (Lipinski definition) is 1. The fraction of sp³-hybridized carbons (Fsp3) is 0.333. The normalized spacial score (nSPS) is 11.7. The second kappa shape index (κ2) is 6.35. The number of aromatic nitrogens is 2. The monoisotopic (exact) mass is 320 g/mol. The first-order chi connectivity index (χ1) is 9.93. The maximum absolute atomic E-state index is 13.9. The molecule has 0 unspecified atom stereocenters. The number of para-hydroxylation sites is 1. The van der Waals surface area contributed by atoms with Crippen molar-refractivity contribution in [1.29, 1.82) is 0 Å². The molecule has 0 saturated heterocycles. The topological polar surface area (TPSA) is 55.0 Å². The summed E-state index contributed by atoms with van der Waals surface area (Å²) in [6.07, 6.45) is -4.08. The molecular formula is C12H12F4N4S. The Morgan fingerprint density at radius 1 is 1.19 bits per heavy atom. The van der Waals surface area contributed by atoms with Gasteiger partial charge in [0.2, 0.25) is 10.1 Å². The van der Waals surface area contributed by atoms with E-state index in [2.05, 4.69) is 10.2 Å². The lowest BCUT2D eigenvalue weighted by atomic mass is 10.2. The van der Waals surface area contributed by atoms with E-state index < -0.39 is 17.0 Å². The van der Waals surface area contributed by atoms with Gasteiger partial charge in [-0.1, -0.05) is 23.5 Å². The summed E-state index contributed by atoms with van der Waals surface area (Å²) < 4.78 is 51.6. The van der Waals surface area contributed by atoms with Gasteiger partial charge in [-0.15, -0.1) is 10.2 Å². The van der Waals surface area contributed by atoms with E-state index >= 15 is 0 Å². The Kier molecular flexibility index (Phi) is 4.73. The molecular weight excluding hydrogens is 308 g/mol. The standard InChI is InChI=1S/C12H12F4N4S/c13-8-4-1-2-5-9(8)20(7-3-6-17)11-19-18-10(21-11)12(14,15)16/h1-2,4-5H,3,6-7,17H2. The van der Waals surface area contributed by atoms with Crippen molar-refractivity contribution in [3.05, 3.63) is 35.1 Å². The zero-order valence-corrected chi connectivity index (χ0v) is 11.6. The molecule has 2 N–H and O–H groups in total. The van der Waals surface area contributed by atoms with Crippen LogP contribution in [-0.4, -0.2) is 23.3 Å². The quantitative estimate of drug-likeness (QED) is 0.860. The summed E-state index contributed by atoms with van der Waals surface area (Å²) in [6.45, 7) is 0.583. The van der Waals surface area contributed by atoms with Crippen LogP contribution in [0.1, 0.15) is 11.4 Å². The second-order valence-corrected chi connectivity index (χ2v) is 5.09. The third-order valence-electron chi connectivity index (χ3n) is 2.62. The minimum atomic E-state index is -4.56. The molecule has 0 aliphatic rings. The number of hydrogen-bond acceptors (Lipinski definition) is 5. The molecule has 9 heteroatoms. The Morgan fingerprint density at radius 2 is 1.90 bits per heavy atom. The van der Waals surface area contributed by atoms with Gasteiger partial charge in [-0.25, -0.2) is 4.39 Å². The summed E-state index contributed by atoms with van der Waals surface area (Å²) >= 11 is 0.373. The average molecular weight is 320 g/mol. The summed E-state index contributed by atoms with van der Waals surface area (Å²) in [6, 6.07) is 5.80. The minimum absolute atomic E-state index is 0.0131. The van der Waals surface area contributed by atoms with Crippen LogP contribution in [0.4, 0.5) is 28.4 Å². The maximum atomic E-state index is 13.9. The van der Waals surface area contributed by atoms with Crippen molar-refractivity contribution in [3.8, 4) is 0 Å². The van der Waals surface area contributed by atoms with Crippen molar-refractivity contribution in [3.63, 3.8) is 0 Å². The van der Waals surface area contributed by atoms with Crippen molar-refractivity contribution in [2.24, 2.45) is 5.73 Å². The van der Waals surface area contributed by atoms with E-state index in [1.54, 1.807) is 6.07 Å². The number of halogens is 4. The van der Waals surface area contributed by atoms with Crippen molar-refractivity contribution in [2.75, 3.05) is 18.0 Å². The third kappa shape index (κ3) is 3.67. The Morgan fingerprint density at radius 3 is 2.48 bits per heavy atom. The first-order valence-corrected chi connectivity index (χ1v) is 6.88. The van der Waals surface area contributed by atoms with Crippen LogP contribution < -0.4 is 10.6 Å². The lowest BCUT2D eigenvalue weighted by Crippen LogP contribution is -2.21. The van der Waals surface area contributed by atoms with Crippen LogP contribution in [0.5, 0.6) is 0 Å². The van der Waals surface area contributed by atoms with Crippen LogP contribution in [0, 0.1) is 5.82 Å². The highest BCUT2D eigenvalue weighted by Crippen LogP contribution is 2.37. The SMILES string of the molecule is NCCCN(c1nnc(C(F)(F)F)s1)c1ccccc1F. The smallest absolute Gasteiger partial charge is 0.330 e. The van der Waals surface area contributed by atoms with Gasteiger partial charge in [0.1, 0.15) is 5.82 Å².